The van der Waals surface area contributed by atoms with Crippen LogP contribution in [-0.2, 0) is 5.41 Å². The third-order valence-electron chi connectivity index (χ3n) is 4.62. The summed E-state index contributed by atoms with van der Waals surface area (Å²) in [6.07, 6.45) is 0. The number of hydrogen-bond acceptors (Lipinski definition) is 3. The zero-order valence-electron chi connectivity index (χ0n) is 14.5. The molecule has 0 radical (unpaired) electrons. The van der Waals surface area contributed by atoms with E-state index in [0.29, 0.717) is 10.4 Å². The quantitative estimate of drug-likeness (QED) is 0.269. The minimum atomic E-state index is -0.595. The maximum absolute atomic E-state index is 5.88. The Labute approximate surface area is 167 Å². The molecular formula is C22H18ClN3S. The lowest BCUT2D eigenvalue weighted by Gasteiger charge is -2.33. The molecule has 4 rings (SSSR count). The van der Waals surface area contributed by atoms with E-state index in [1.54, 1.807) is 0 Å². The Hall–Kier alpha value is -2.56. The van der Waals surface area contributed by atoms with Gasteiger partial charge in [0.2, 0.25) is 5.16 Å². The van der Waals surface area contributed by atoms with Crippen LogP contribution in [0.4, 0.5) is 0 Å². The van der Waals surface area contributed by atoms with Crippen molar-refractivity contribution in [1.29, 1.82) is 0 Å². The average Bonchev–Trinajstić information content (AvgIpc) is 3.20. The molecule has 27 heavy (non-hydrogen) atoms. The number of thioether (sulfide) groups is 1. The van der Waals surface area contributed by atoms with Gasteiger partial charge in [-0.3, -0.25) is 5.10 Å². The molecule has 0 amide bonds. The molecular weight excluding hydrogens is 374 g/mol. The van der Waals surface area contributed by atoms with Crippen LogP contribution in [0.5, 0.6) is 0 Å². The van der Waals surface area contributed by atoms with Gasteiger partial charge in [0.25, 0.3) is 0 Å². The maximum atomic E-state index is 5.88. The fraction of sp³-hybridized carbons (Fsp3) is 0.0909. The Kier molecular flexibility index (Phi) is 5.28. The van der Waals surface area contributed by atoms with Crippen LogP contribution < -0.4 is 0 Å². The number of H-pyrrole nitrogens is 1. The minimum absolute atomic E-state index is 0.409. The molecule has 1 heterocycles. The molecule has 0 aliphatic heterocycles. The van der Waals surface area contributed by atoms with Crippen LogP contribution in [0, 0.1) is 0 Å². The van der Waals surface area contributed by atoms with Gasteiger partial charge in [0.15, 0.2) is 0 Å². The van der Waals surface area contributed by atoms with Crippen LogP contribution in [-0.4, -0.2) is 20.4 Å². The van der Waals surface area contributed by atoms with Crippen molar-refractivity contribution in [2.75, 3.05) is 5.21 Å². The van der Waals surface area contributed by atoms with E-state index >= 15 is 0 Å². The topological polar surface area (TPSA) is 41.6 Å². The van der Waals surface area contributed by atoms with Crippen LogP contribution in [0.2, 0.25) is 0 Å². The van der Waals surface area contributed by atoms with Gasteiger partial charge in [-0.25, -0.2) is 4.98 Å². The molecule has 4 aromatic rings. The number of rotatable bonds is 6. The molecule has 0 aliphatic rings. The summed E-state index contributed by atoms with van der Waals surface area (Å²) < 4.78 is 0. The Morgan fingerprint density at radius 1 is 0.741 bits per heavy atom. The molecule has 0 saturated heterocycles. The van der Waals surface area contributed by atoms with E-state index in [1.165, 1.54) is 11.8 Å². The molecule has 0 spiro atoms. The second-order valence-corrected chi connectivity index (χ2v) is 7.59. The number of nitrogens with one attached hydrogen (secondary N) is 1. The van der Waals surface area contributed by atoms with Crippen LogP contribution in [0.3, 0.4) is 0 Å². The minimum Gasteiger partial charge on any atom is -0.261 e. The Morgan fingerprint density at radius 3 is 1.59 bits per heavy atom. The van der Waals surface area contributed by atoms with E-state index in [0.717, 1.165) is 22.5 Å². The van der Waals surface area contributed by atoms with E-state index in [-0.39, 0.29) is 0 Å². The number of aromatic amines is 1. The smallest absolute Gasteiger partial charge is 0.209 e. The summed E-state index contributed by atoms with van der Waals surface area (Å²) in [5.74, 6) is 0.777. The lowest BCUT2D eigenvalue weighted by Crippen LogP contribution is -2.32. The second-order valence-electron chi connectivity index (χ2n) is 6.07. The van der Waals surface area contributed by atoms with Crippen molar-refractivity contribution in [3.63, 3.8) is 0 Å². The van der Waals surface area contributed by atoms with Gasteiger partial charge < -0.3 is 0 Å². The zero-order chi connectivity index (χ0) is 18.5. The molecule has 0 fully saturated rings. The van der Waals surface area contributed by atoms with Crippen molar-refractivity contribution in [1.82, 2.24) is 15.2 Å². The molecule has 0 atom stereocenters. The van der Waals surface area contributed by atoms with Crippen molar-refractivity contribution < 1.29 is 0 Å². The summed E-state index contributed by atoms with van der Waals surface area (Å²) in [6, 6.07) is 31.2. The van der Waals surface area contributed by atoms with Crippen molar-refractivity contribution in [3.05, 3.63) is 114 Å². The molecule has 0 bridgehead atoms. The number of benzene rings is 3. The molecule has 0 unspecified atom stereocenters. The van der Waals surface area contributed by atoms with Crippen molar-refractivity contribution in [2.24, 2.45) is 0 Å². The van der Waals surface area contributed by atoms with Crippen molar-refractivity contribution >= 4 is 23.4 Å². The first-order chi connectivity index (χ1) is 13.4. The third kappa shape index (κ3) is 3.27. The number of alkyl halides is 1. The van der Waals surface area contributed by atoms with E-state index in [1.807, 2.05) is 18.2 Å². The molecule has 1 aromatic heterocycles. The number of halogens is 1. The van der Waals surface area contributed by atoms with E-state index < -0.39 is 5.41 Å². The lowest BCUT2D eigenvalue weighted by molar-refractivity contribution is 0.683. The standard InChI is InChI=1S/C22H18ClN3S/c23-16-27-21-24-20(25-26-21)22(17-10-4-1-5-11-17,18-12-6-2-7-13-18)19-14-8-3-9-15-19/h1-15H,16H2,(H,24,25,26). The summed E-state index contributed by atoms with van der Waals surface area (Å²) in [7, 11) is 0. The van der Waals surface area contributed by atoms with Gasteiger partial charge in [-0.1, -0.05) is 103 Å². The molecule has 5 heteroatoms. The highest BCUT2D eigenvalue weighted by molar-refractivity contribution is 8.00. The molecule has 1 N–H and O–H groups in total. The largest absolute Gasteiger partial charge is 0.261 e. The Balaban J connectivity index is 2.06. The number of nitrogens with zero attached hydrogens (tertiary/aromatic N) is 2. The summed E-state index contributed by atoms with van der Waals surface area (Å²) >= 11 is 7.29. The molecule has 0 aliphatic carbocycles. The van der Waals surface area contributed by atoms with Gasteiger partial charge in [-0.2, -0.15) is 0 Å². The highest BCUT2D eigenvalue weighted by Crippen LogP contribution is 2.43. The van der Waals surface area contributed by atoms with Gasteiger partial charge >= 0.3 is 0 Å². The zero-order valence-corrected chi connectivity index (χ0v) is 16.1. The Morgan fingerprint density at radius 2 is 1.19 bits per heavy atom. The highest BCUT2D eigenvalue weighted by Gasteiger charge is 2.41. The fourth-order valence-electron chi connectivity index (χ4n) is 3.50. The number of aromatic nitrogens is 3. The van der Waals surface area contributed by atoms with E-state index in [2.05, 4.69) is 83.0 Å². The average molecular weight is 392 g/mol. The first kappa shape index (κ1) is 17.8. The SMILES string of the molecule is ClCSc1n[nH]c(C(c2ccccc2)(c2ccccc2)c2ccccc2)n1. The van der Waals surface area contributed by atoms with Gasteiger partial charge in [-0.15, -0.1) is 16.7 Å². The maximum Gasteiger partial charge on any atom is 0.209 e. The summed E-state index contributed by atoms with van der Waals surface area (Å²) in [5, 5.41) is 8.63. The number of hydrogen-bond donors (Lipinski definition) is 1. The fourth-order valence-corrected chi connectivity index (χ4v) is 4.16. The summed E-state index contributed by atoms with van der Waals surface area (Å²) in [4.78, 5) is 4.81. The van der Waals surface area contributed by atoms with Gasteiger partial charge in [0.1, 0.15) is 11.2 Å². The predicted octanol–water partition coefficient (Wildman–Crippen LogP) is 5.48. The normalized spacial score (nSPS) is 11.4. The predicted molar refractivity (Wildman–Crippen MR) is 111 cm³/mol. The van der Waals surface area contributed by atoms with Crippen molar-refractivity contribution in [3.8, 4) is 0 Å². The third-order valence-corrected chi connectivity index (χ3v) is 5.50. The summed E-state index contributed by atoms with van der Waals surface area (Å²) in [6.45, 7) is 0. The molecule has 3 aromatic carbocycles. The van der Waals surface area contributed by atoms with Gasteiger partial charge in [-0.05, 0) is 16.7 Å². The lowest BCUT2D eigenvalue weighted by atomic mass is 9.69. The summed E-state index contributed by atoms with van der Waals surface area (Å²) in [5.41, 5.74) is 2.78. The van der Waals surface area contributed by atoms with Gasteiger partial charge in [0.05, 0.1) is 5.21 Å². The molecule has 0 saturated carbocycles. The van der Waals surface area contributed by atoms with Crippen LogP contribution >= 0.6 is 23.4 Å². The first-order valence-corrected chi connectivity index (χ1v) is 10.2. The van der Waals surface area contributed by atoms with Crippen LogP contribution in [0.15, 0.2) is 96.2 Å². The van der Waals surface area contributed by atoms with E-state index in [4.69, 9.17) is 16.6 Å². The van der Waals surface area contributed by atoms with E-state index in [9.17, 15) is 0 Å². The highest BCUT2D eigenvalue weighted by atomic mass is 35.5. The van der Waals surface area contributed by atoms with Crippen LogP contribution in [0.1, 0.15) is 22.5 Å². The second kappa shape index (κ2) is 7.99. The molecule has 3 nitrogen and oxygen atoms in total. The van der Waals surface area contributed by atoms with Crippen LogP contribution in [0.25, 0.3) is 0 Å². The molecule has 134 valence electrons. The van der Waals surface area contributed by atoms with Crippen molar-refractivity contribution in [2.45, 2.75) is 10.6 Å². The monoisotopic (exact) mass is 391 g/mol. The van der Waals surface area contributed by atoms with Gasteiger partial charge in [0, 0.05) is 0 Å². The Bertz CT molecular complexity index is 891. The first-order valence-electron chi connectivity index (χ1n) is 8.64.